The third-order valence-electron chi connectivity index (χ3n) is 6.13. The summed E-state index contributed by atoms with van der Waals surface area (Å²) < 4.78 is 12.4. The maximum atomic E-state index is 13.6. The quantitative estimate of drug-likeness (QED) is 0.518. The molecule has 0 bridgehead atoms. The number of aromatic nitrogens is 1. The van der Waals surface area contributed by atoms with Crippen LogP contribution in [0.3, 0.4) is 0 Å². The minimum atomic E-state index is -0.700. The highest BCUT2D eigenvalue weighted by atomic mass is 16.5. The Labute approximate surface area is 197 Å². The van der Waals surface area contributed by atoms with Gasteiger partial charge in [0.05, 0.1) is 19.1 Å². The van der Waals surface area contributed by atoms with E-state index >= 15 is 0 Å². The number of hydrogen-bond acceptors (Lipinski definition) is 6. The van der Waals surface area contributed by atoms with E-state index in [1.165, 1.54) is 7.11 Å². The molecule has 7 nitrogen and oxygen atoms in total. The average molecular weight is 462 g/mol. The number of hydrogen-bond donors (Lipinski definition) is 2. The second kappa shape index (κ2) is 9.87. The third kappa shape index (κ3) is 4.83. The van der Waals surface area contributed by atoms with Gasteiger partial charge in [-0.15, -0.1) is 0 Å². The summed E-state index contributed by atoms with van der Waals surface area (Å²) in [4.78, 5) is 25.9. The summed E-state index contributed by atoms with van der Waals surface area (Å²) in [5.74, 6) is -0.438. The zero-order valence-electron chi connectivity index (χ0n) is 19.2. The summed E-state index contributed by atoms with van der Waals surface area (Å²) >= 11 is 0. The number of methoxy groups -OCH3 is 1. The minimum absolute atomic E-state index is 0.0995. The molecule has 0 saturated carbocycles. The molecule has 176 valence electrons. The summed E-state index contributed by atoms with van der Waals surface area (Å²) in [6.45, 7) is 2.33. The highest BCUT2D eigenvalue weighted by Crippen LogP contribution is 2.37. The lowest BCUT2D eigenvalue weighted by molar-refractivity contribution is -0.140. The van der Waals surface area contributed by atoms with Gasteiger partial charge in [0.1, 0.15) is 23.9 Å². The van der Waals surface area contributed by atoms with Gasteiger partial charge in [0.15, 0.2) is 0 Å². The fourth-order valence-corrected chi connectivity index (χ4v) is 4.28. The predicted octanol–water partition coefficient (Wildman–Crippen LogP) is 3.93. The standard InChI is InChI=1S/C27H27NO6/c1-17-13-23(30)26(27(32)28(17)12-11-18-7-9-21(29)10-8-18)22(15-25(31)33-2)20-14-19-5-3-4-6-24(19)34-16-20/h3-10,13-14,22,29-30H,11-12,15-16H2,1-2H3/t22-/m1/s1. The third-order valence-corrected chi connectivity index (χ3v) is 6.13. The number of carbonyl (C=O) groups is 1. The van der Waals surface area contributed by atoms with Crippen LogP contribution in [0.4, 0.5) is 0 Å². The fraction of sp³-hybridized carbons (Fsp3) is 0.259. The Morgan fingerprint density at radius 2 is 1.88 bits per heavy atom. The van der Waals surface area contributed by atoms with E-state index in [2.05, 4.69) is 0 Å². The molecule has 0 saturated heterocycles. The molecule has 1 aliphatic rings. The Hall–Kier alpha value is -4.00. The second-order valence-corrected chi connectivity index (χ2v) is 8.34. The number of phenolic OH excluding ortho intramolecular Hbond substituents is 1. The van der Waals surface area contributed by atoms with Gasteiger partial charge < -0.3 is 24.3 Å². The smallest absolute Gasteiger partial charge is 0.306 e. The van der Waals surface area contributed by atoms with E-state index in [9.17, 15) is 19.8 Å². The Morgan fingerprint density at radius 3 is 2.62 bits per heavy atom. The molecule has 0 radical (unpaired) electrons. The largest absolute Gasteiger partial charge is 0.508 e. The first-order valence-electron chi connectivity index (χ1n) is 11.1. The van der Waals surface area contributed by atoms with Gasteiger partial charge in [-0.2, -0.15) is 0 Å². The summed E-state index contributed by atoms with van der Waals surface area (Å²) in [5, 5.41) is 20.3. The maximum absolute atomic E-state index is 13.6. The fourth-order valence-electron chi connectivity index (χ4n) is 4.28. The summed E-state index contributed by atoms with van der Waals surface area (Å²) in [6, 6.07) is 15.9. The number of carbonyl (C=O) groups excluding carboxylic acids is 1. The number of esters is 1. The molecular formula is C27H27NO6. The van der Waals surface area contributed by atoms with E-state index in [-0.39, 0.29) is 35.6 Å². The summed E-state index contributed by atoms with van der Waals surface area (Å²) in [7, 11) is 1.30. The van der Waals surface area contributed by atoms with Crippen LogP contribution in [-0.4, -0.2) is 34.5 Å². The topological polar surface area (TPSA) is 98.0 Å². The summed E-state index contributed by atoms with van der Waals surface area (Å²) in [6.07, 6.45) is 2.37. The molecular weight excluding hydrogens is 434 g/mol. The molecule has 1 atom stereocenters. The van der Waals surface area contributed by atoms with Crippen molar-refractivity contribution in [2.75, 3.05) is 13.7 Å². The van der Waals surface area contributed by atoms with Crippen LogP contribution in [0.25, 0.3) is 6.08 Å². The average Bonchev–Trinajstić information content (AvgIpc) is 2.83. The van der Waals surface area contributed by atoms with Crippen LogP contribution in [0, 0.1) is 6.92 Å². The zero-order valence-corrected chi connectivity index (χ0v) is 19.2. The lowest BCUT2D eigenvalue weighted by atomic mass is 9.86. The maximum Gasteiger partial charge on any atom is 0.306 e. The molecule has 2 heterocycles. The van der Waals surface area contributed by atoms with Crippen LogP contribution >= 0.6 is 0 Å². The number of nitrogens with zero attached hydrogens (tertiary/aromatic N) is 1. The number of aryl methyl sites for hydroxylation is 2. The highest BCUT2D eigenvalue weighted by Gasteiger charge is 2.30. The van der Waals surface area contributed by atoms with Crippen LogP contribution in [0.1, 0.15) is 34.7 Å². The van der Waals surface area contributed by atoms with Gasteiger partial charge in [0.2, 0.25) is 0 Å². The van der Waals surface area contributed by atoms with Crippen LogP contribution in [0.2, 0.25) is 0 Å². The monoisotopic (exact) mass is 461 g/mol. The number of phenols is 1. The first-order chi connectivity index (χ1) is 16.4. The molecule has 2 N–H and O–H groups in total. The first kappa shape index (κ1) is 23.2. The van der Waals surface area contributed by atoms with E-state index in [1.54, 1.807) is 41.8 Å². The molecule has 1 aromatic heterocycles. The van der Waals surface area contributed by atoms with Crippen molar-refractivity contribution in [1.82, 2.24) is 4.57 Å². The van der Waals surface area contributed by atoms with E-state index < -0.39 is 11.9 Å². The Bertz CT molecular complexity index is 1290. The molecule has 4 rings (SSSR count). The van der Waals surface area contributed by atoms with Crippen molar-refractivity contribution in [2.45, 2.75) is 32.2 Å². The van der Waals surface area contributed by atoms with E-state index in [1.807, 2.05) is 30.3 Å². The lowest BCUT2D eigenvalue weighted by Gasteiger charge is -2.26. The van der Waals surface area contributed by atoms with E-state index in [0.29, 0.717) is 24.2 Å². The molecule has 0 fully saturated rings. The number of para-hydroxylation sites is 1. The number of rotatable bonds is 7. The molecule has 3 aromatic rings. The van der Waals surface area contributed by atoms with Crippen molar-refractivity contribution in [3.63, 3.8) is 0 Å². The Morgan fingerprint density at radius 1 is 1.15 bits per heavy atom. The molecule has 2 aromatic carbocycles. The number of aromatic hydroxyl groups is 2. The van der Waals surface area contributed by atoms with Gasteiger partial charge in [-0.05, 0) is 54.8 Å². The lowest BCUT2D eigenvalue weighted by Crippen LogP contribution is -2.30. The van der Waals surface area contributed by atoms with Crippen molar-refractivity contribution in [3.05, 3.63) is 92.9 Å². The number of pyridine rings is 1. The predicted molar refractivity (Wildman–Crippen MR) is 128 cm³/mol. The van der Waals surface area contributed by atoms with Crippen molar-refractivity contribution < 1.29 is 24.5 Å². The Balaban J connectivity index is 1.74. The highest BCUT2D eigenvalue weighted by molar-refractivity contribution is 5.73. The van der Waals surface area contributed by atoms with Crippen molar-refractivity contribution in [2.24, 2.45) is 0 Å². The minimum Gasteiger partial charge on any atom is -0.508 e. The number of ether oxygens (including phenoxy) is 2. The van der Waals surface area contributed by atoms with E-state index in [0.717, 1.165) is 16.9 Å². The number of benzene rings is 2. The normalized spacial score (nSPS) is 13.4. The van der Waals surface area contributed by atoms with E-state index in [4.69, 9.17) is 9.47 Å². The summed E-state index contributed by atoms with van der Waals surface area (Å²) in [5.41, 5.74) is 2.93. The zero-order chi connectivity index (χ0) is 24.2. The molecule has 34 heavy (non-hydrogen) atoms. The van der Waals surface area contributed by atoms with Gasteiger partial charge in [-0.25, -0.2) is 0 Å². The van der Waals surface area contributed by atoms with Gasteiger partial charge in [-0.1, -0.05) is 30.3 Å². The first-order valence-corrected chi connectivity index (χ1v) is 11.1. The molecule has 1 aliphatic heterocycles. The van der Waals surface area contributed by atoms with Crippen LogP contribution < -0.4 is 10.3 Å². The van der Waals surface area contributed by atoms with Gasteiger partial charge in [0.25, 0.3) is 5.56 Å². The van der Waals surface area contributed by atoms with Gasteiger partial charge >= 0.3 is 5.97 Å². The molecule has 0 spiro atoms. The van der Waals surface area contributed by atoms with Crippen LogP contribution in [0.15, 0.2) is 65.0 Å². The van der Waals surface area contributed by atoms with Gasteiger partial charge in [0, 0.05) is 23.7 Å². The van der Waals surface area contributed by atoms with Gasteiger partial charge in [-0.3, -0.25) is 9.59 Å². The SMILES string of the molecule is COC(=O)C[C@H](C1=Cc2ccccc2OC1)c1c(O)cc(C)n(CCc2ccc(O)cc2)c1=O. The molecule has 0 aliphatic carbocycles. The molecule has 0 unspecified atom stereocenters. The number of fused-ring (bicyclic) bond motifs is 1. The van der Waals surface area contributed by atoms with Crippen molar-refractivity contribution >= 4 is 12.0 Å². The van der Waals surface area contributed by atoms with Crippen LogP contribution in [0.5, 0.6) is 17.2 Å². The van der Waals surface area contributed by atoms with Crippen molar-refractivity contribution in [1.29, 1.82) is 0 Å². The molecule has 0 amide bonds. The second-order valence-electron chi connectivity index (χ2n) is 8.34. The van der Waals surface area contributed by atoms with Crippen molar-refractivity contribution in [3.8, 4) is 17.2 Å². The molecule has 7 heteroatoms. The Kier molecular flexibility index (Phi) is 6.72. The van der Waals surface area contributed by atoms with Crippen LogP contribution in [-0.2, 0) is 22.5 Å².